The van der Waals surface area contributed by atoms with E-state index in [0.717, 1.165) is 30.3 Å². The standard InChI is InChI=1S/C14H22ClN3/c1-10-7-18(9-14(10)17(2)3)8-11-4-12(15)6-13(16)5-11/h4-6,10,14H,7-9,16H2,1-3H3. The molecule has 1 aromatic rings. The van der Waals surface area contributed by atoms with Gasteiger partial charge in [-0.25, -0.2) is 0 Å². The first-order valence-electron chi connectivity index (χ1n) is 6.39. The monoisotopic (exact) mass is 267 g/mol. The van der Waals surface area contributed by atoms with Gasteiger partial charge in [-0.1, -0.05) is 18.5 Å². The average molecular weight is 268 g/mol. The maximum absolute atomic E-state index is 6.04. The summed E-state index contributed by atoms with van der Waals surface area (Å²) >= 11 is 6.04. The molecule has 0 amide bonds. The second-order valence-electron chi connectivity index (χ2n) is 5.60. The van der Waals surface area contributed by atoms with Crippen molar-refractivity contribution in [3.8, 4) is 0 Å². The van der Waals surface area contributed by atoms with Gasteiger partial charge < -0.3 is 10.6 Å². The van der Waals surface area contributed by atoms with E-state index in [-0.39, 0.29) is 0 Å². The third-order valence-electron chi connectivity index (χ3n) is 3.70. The van der Waals surface area contributed by atoms with E-state index in [1.165, 1.54) is 5.56 Å². The Bertz CT molecular complexity index is 399. The third kappa shape index (κ3) is 3.16. The van der Waals surface area contributed by atoms with Crippen molar-refractivity contribution >= 4 is 17.3 Å². The maximum Gasteiger partial charge on any atom is 0.0429 e. The number of likely N-dealkylation sites (N-methyl/N-ethyl adjacent to an activating group) is 1. The lowest BCUT2D eigenvalue weighted by Crippen LogP contribution is -2.34. The molecular formula is C14H22ClN3. The summed E-state index contributed by atoms with van der Waals surface area (Å²) in [6.07, 6.45) is 0. The summed E-state index contributed by atoms with van der Waals surface area (Å²) in [6, 6.07) is 6.45. The van der Waals surface area contributed by atoms with Gasteiger partial charge in [-0.3, -0.25) is 4.90 Å². The normalized spacial score (nSPS) is 24.9. The van der Waals surface area contributed by atoms with Crippen molar-refractivity contribution in [1.82, 2.24) is 9.80 Å². The van der Waals surface area contributed by atoms with Crippen molar-refractivity contribution in [3.63, 3.8) is 0 Å². The van der Waals surface area contributed by atoms with Crippen LogP contribution in [-0.4, -0.2) is 43.0 Å². The van der Waals surface area contributed by atoms with E-state index in [9.17, 15) is 0 Å². The quantitative estimate of drug-likeness (QED) is 0.853. The molecule has 0 spiro atoms. The largest absolute Gasteiger partial charge is 0.399 e. The Hall–Kier alpha value is -0.770. The molecular weight excluding hydrogens is 246 g/mol. The summed E-state index contributed by atoms with van der Waals surface area (Å²) in [5.74, 6) is 0.705. The number of nitrogens with zero attached hydrogens (tertiary/aromatic N) is 2. The van der Waals surface area contributed by atoms with Gasteiger partial charge in [0.1, 0.15) is 0 Å². The minimum atomic E-state index is 0.640. The number of anilines is 1. The van der Waals surface area contributed by atoms with Crippen LogP contribution in [0.4, 0.5) is 5.69 Å². The zero-order valence-electron chi connectivity index (χ0n) is 11.4. The second kappa shape index (κ2) is 5.47. The van der Waals surface area contributed by atoms with E-state index in [1.54, 1.807) is 6.07 Å². The lowest BCUT2D eigenvalue weighted by Gasteiger charge is -2.22. The Morgan fingerprint density at radius 3 is 2.61 bits per heavy atom. The Morgan fingerprint density at radius 2 is 2.06 bits per heavy atom. The van der Waals surface area contributed by atoms with Crippen LogP contribution in [0, 0.1) is 5.92 Å². The van der Waals surface area contributed by atoms with E-state index in [0.29, 0.717) is 12.0 Å². The molecule has 2 atom stereocenters. The number of likely N-dealkylation sites (tertiary alicyclic amines) is 1. The summed E-state index contributed by atoms with van der Waals surface area (Å²) in [4.78, 5) is 4.79. The van der Waals surface area contributed by atoms with Gasteiger partial charge in [0.25, 0.3) is 0 Å². The molecule has 2 rings (SSSR count). The molecule has 1 saturated heterocycles. The van der Waals surface area contributed by atoms with Gasteiger partial charge in [-0.15, -0.1) is 0 Å². The van der Waals surface area contributed by atoms with Crippen LogP contribution in [0.3, 0.4) is 0 Å². The van der Waals surface area contributed by atoms with Crippen molar-refractivity contribution in [1.29, 1.82) is 0 Å². The number of hydrogen-bond acceptors (Lipinski definition) is 3. The fourth-order valence-corrected chi connectivity index (χ4v) is 3.14. The van der Waals surface area contributed by atoms with Crippen LogP contribution in [0.1, 0.15) is 12.5 Å². The number of benzene rings is 1. The highest BCUT2D eigenvalue weighted by Crippen LogP contribution is 2.24. The van der Waals surface area contributed by atoms with Gasteiger partial charge in [0.2, 0.25) is 0 Å². The van der Waals surface area contributed by atoms with E-state index in [1.807, 2.05) is 12.1 Å². The lowest BCUT2D eigenvalue weighted by molar-refractivity contribution is 0.250. The molecule has 0 aromatic heterocycles. The van der Waals surface area contributed by atoms with Crippen molar-refractivity contribution in [2.24, 2.45) is 5.92 Å². The van der Waals surface area contributed by atoms with Crippen molar-refractivity contribution in [2.75, 3.05) is 32.9 Å². The van der Waals surface area contributed by atoms with Crippen molar-refractivity contribution in [2.45, 2.75) is 19.5 Å². The molecule has 1 aliphatic heterocycles. The zero-order valence-corrected chi connectivity index (χ0v) is 12.1. The molecule has 3 nitrogen and oxygen atoms in total. The summed E-state index contributed by atoms with van der Waals surface area (Å²) < 4.78 is 0. The van der Waals surface area contributed by atoms with Crippen molar-refractivity contribution < 1.29 is 0 Å². The predicted molar refractivity (Wildman–Crippen MR) is 77.8 cm³/mol. The molecule has 0 aliphatic carbocycles. The number of hydrogen-bond donors (Lipinski definition) is 1. The molecule has 1 heterocycles. The van der Waals surface area contributed by atoms with Crippen LogP contribution in [0.15, 0.2) is 18.2 Å². The first-order chi connectivity index (χ1) is 8.45. The average Bonchev–Trinajstić information content (AvgIpc) is 2.57. The van der Waals surface area contributed by atoms with E-state index in [2.05, 4.69) is 30.8 Å². The highest BCUT2D eigenvalue weighted by molar-refractivity contribution is 6.30. The first-order valence-corrected chi connectivity index (χ1v) is 6.77. The smallest absolute Gasteiger partial charge is 0.0429 e. The molecule has 1 aromatic carbocycles. The Labute approximate surface area is 115 Å². The Balaban J connectivity index is 2.02. The van der Waals surface area contributed by atoms with Crippen molar-refractivity contribution in [3.05, 3.63) is 28.8 Å². The molecule has 0 bridgehead atoms. The Morgan fingerprint density at radius 1 is 1.33 bits per heavy atom. The highest BCUT2D eigenvalue weighted by Gasteiger charge is 2.30. The van der Waals surface area contributed by atoms with E-state index in [4.69, 9.17) is 17.3 Å². The van der Waals surface area contributed by atoms with Gasteiger partial charge in [0.15, 0.2) is 0 Å². The van der Waals surface area contributed by atoms with Gasteiger partial charge in [-0.05, 0) is 43.8 Å². The van der Waals surface area contributed by atoms with Gasteiger partial charge in [-0.2, -0.15) is 0 Å². The molecule has 18 heavy (non-hydrogen) atoms. The molecule has 4 heteroatoms. The minimum absolute atomic E-state index is 0.640. The van der Waals surface area contributed by atoms with E-state index >= 15 is 0 Å². The lowest BCUT2D eigenvalue weighted by atomic mass is 10.1. The second-order valence-corrected chi connectivity index (χ2v) is 6.03. The fraction of sp³-hybridized carbons (Fsp3) is 0.571. The fourth-order valence-electron chi connectivity index (χ4n) is 2.87. The first kappa shape index (κ1) is 13.7. The molecule has 1 fully saturated rings. The molecule has 0 radical (unpaired) electrons. The van der Waals surface area contributed by atoms with E-state index < -0.39 is 0 Å². The molecule has 0 saturated carbocycles. The summed E-state index contributed by atoms with van der Waals surface area (Å²) in [5, 5.41) is 0.724. The molecule has 1 aliphatic rings. The van der Waals surface area contributed by atoms with Crippen LogP contribution in [-0.2, 0) is 6.54 Å². The topological polar surface area (TPSA) is 32.5 Å². The minimum Gasteiger partial charge on any atom is -0.399 e. The maximum atomic E-state index is 6.04. The number of rotatable bonds is 3. The molecule has 2 N–H and O–H groups in total. The van der Waals surface area contributed by atoms with Crippen LogP contribution in [0.25, 0.3) is 0 Å². The van der Waals surface area contributed by atoms with Crippen LogP contribution in [0.2, 0.25) is 5.02 Å². The summed E-state index contributed by atoms with van der Waals surface area (Å²) in [7, 11) is 4.31. The third-order valence-corrected chi connectivity index (χ3v) is 3.92. The zero-order chi connectivity index (χ0) is 13.3. The van der Waals surface area contributed by atoms with Gasteiger partial charge in [0.05, 0.1) is 0 Å². The SMILES string of the molecule is CC1CN(Cc2cc(N)cc(Cl)c2)CC1N(C)C. The van der Waals surface area contributed by atoms with Crippen LogP contribution >= 0.6 is 11.6 Å². The van der Waals surface area contributed by atoms with Crippen LogP contribution in [0.5, 0.6) is 0 Å². The number of nitrogens with two attached hydrogens (primary N) is 1. The van der Waals surface area contributed by atoms with Gasteiger partial charge in [0, 0.05) is 36.4 Å². The van der Waals surface area contributed by atoms with Crippen LogP contribution < -0.4 is 5.73 Å². The predicted octanol–water partition coefficient (Wildman–Crippen LogP) is 2.30. The number of nitrogen functional groups attached to an aromatic ring is 1. The highest BCUT2D eigenvalue weighted by atomic mass is 35.5. The van der Waals surface area contributed by atoms with Gasteiger partial charge >= 0.3 is 0 Å². The summed E-state index contributed by atoms with van der Waals surface area (Å²) in [5.41, 5.74) is 7.77. The number of halogens is 1. The molecule has 2 unspecified atom stereocenters. The summed E-state index contributed by atoms with van der Waals surface area (Å²) in [6.45, 7) is 5.49. The molecule has 100 valence electrons. The Kier molecular flexibility index (Phi) is 4.15.